The Labute approximate surface area is 118 Å². The van der Waals surface area contributed by atoms with Gasteiger partial charge in [0, 0.05) is 17.0 Å². The van der Waals surface area contributed by atoms with Gasteiger partial charge in [-0.05, 0) is 31.2 Å². The van der Waals surface area contributed by atoms with Gasteiger partial charge in [-0.1, -0.05) is 0 Å². The van der Waals surface area contributed by atoms with Crippen LogP contribution >= 0.6 is 0 Å². The van der Waals surface area contributed by atoms with E-state index < -0.39 is 18.0 Å². The number of aliphatic hydroxyl groups excluding tert-OH is 1. The Kier molecular flexibility index (Phi) is 3.00. The monoisotopic (exact) mass is 288 g/mol. The highest BCUT2D eigenvalue weighted by molar-refractivity contribution is 6.06. The van der Waals surface area contributed by atoms with Crippen molar-refractivity contribution < 1.29 is 14.6 Å². The Hall–Kier alpha value is -2.31. The third-order valence-electron chi connectivity index (χ3n) is 3.50. The lowest BCUT2D eigenvalue weighted by Gasteiger charge is -2.22. The maximum Gasteiger partial charge on any atom is 0.258 e. The summed E-state index contributed by atoms with van der Waals surface area (Å²) in [5, 5.41) is 20.7. The number of benzene rings is 1. The molecule has 108 valence electrons. The summed E-state index contributed by atoms with van der Waals surface area (Å²) in [5.41, 5.74) is -1.43. The van der Waals surface area contributed by atoms with Gasteiger partial charge in [0.25, 0.3) is 5.56 Å². The lowest BCUT2D eigenvalue weighted by atomic mass is 9.95. The molecule has 0 radical (unpaired) electrons. The van der Waals surface area contributed by atoms with Gasteiger partial charge in [0.05, 0.1) is 23.2 Å². The van der Waals surface area contributed by atoms with Crippen LogP contribution in [0.5, 0.6) is 0 Å². The first kappa shape index (κ1) is 13.7. The predicted molar refractivity (Wildman–Crippen MR) is 76.5 cm³/mol. The molecule has 0 spiro atoms. The van der Waals surface area contributed by atoms with Gasteiger partial charge < -0.3 is 15.2 Å². The van der Waals surface area contributed by atoms with Crippen LogP contribution < -0.4 is 5.56 Å². The Morgan fingerprint density at radius 2 is 2.10 bits per heavy atom. The number of H-pyrrole nitrogens is 1. The van der Waals surface area contributed by atoms with Crippen molar-refractivity contribution in [3.63, 3.8) is 0 Å². The molecule has 0 saturated carbocycles. The van der Waals surface area contributed by atoms with Gasteiger partial charge in [0.2, 0.25) is 0 Å². The van der Waals surface area contributed by atoms with Crippen molar-refractivity contribution >= 4 is 21.7 Å². The molecule has 0 fully saturated rings. The second-order valence-electron chi connectivity index (χ2n) is 5.15. The third-order valence-corrected chi connectivity index (χ3v) is 3.50. The number of fused-ring (bicyclic) bond motifs is 3. The normalized spacial score (nSPS) is 14.5. The first-order valence-corrected chi connectivity index (χ1v) is 6.38. The lowest BCUT2D eigenvalue weighted by Crippen LogP contribution is -2.28. The van der Waals surface area contributed by atoms with Crippen LogP contribution in [0.2, 0.25) is 0 Å². The number of rotatable bonds is 2. The summed E-state index contributed by atoms with van der Waals surface area (Å²) < 4.78 is 13.6. The van der Waals surface area contributed by atoms with E-state index in [1.54, 1.807) is 6.07 Å². The van der Waals surface area contributed by atoms with Gasteiger partial charge in [-0.3, -0.25) is 4.79 Å². The summed E-state index contributed by atoms with van der Waals surface area (Å²) in [6.45, 7) is 0.873. The van der Waals surface area contributed by atoms with E-state index in [2.05, 4.69) is 9.97 Å². The molecule has 0 aliphatic carbocycles. The highest BCUT2D eigenvalue weighted by atomic mass is 19.1. The van der Waals surface area contributed by atoms with Crippen LogP contribution in [0.4, 0.5) is 4.39 Å². The number of aliphatic hydroxyl groups is 2. The summed E-state index contributed by atoms with van der Waals surface area (Å²) in [6.07, 6.45) is 1.43. The number of aromatic nitrogens is 2. The number of nitrogens with zero attached hydrogens (tertiary/aromatic N) is 1. The molecule has 0 saturated heterocycles. The standard InChI is InChI=1S/C15H13FN2O3/c1-15(21,7-19)13-9-3-2-8(16)6-10(9)12-11(18-13)4-5-17-14(12)20/h2-6,19,21H,7H2,1H3,(H,17,20). The van der Waals surface area contributed by atoms with E-state index in [0.29, 0.717) is 16.3 Å². The van der Waals surface area contributed by atoms with Gasteiger partial charge in [0.15, 0.2) is 0 Å². The molecular formula is C15H13FN2O3. The highest BCUT2D eigenvalue weighted by Gasteiger charge is 2.27. The summed E-state index contributed by atoms with van der Waals surface area (Å²) in [7, 11) is 0. The zero-order valence-corrected chi connectivity index (χ0v) is 11.2. The van der Waals surface area contributed by atoms with Gasteiger partial charge in [-0.25, -0.2) is 9.37 Å². The summed E-state index contributed by atoms with van der Waals surface area (Å²) in [6, 6.07) is 5.47. The Bertz CT molecular complexity index is 902. The van der Waals surface area contributed by atoms with E-state index >= 15 is 0 Å². The average molecular weight is 288 g/mol. The molecule has 3 rings (SSSR count). The van der Waals surface area contributed by atoms with Crippen molar-refractivity contribution in [2.45, 2.75) is 12.5 Å². The first-order valence-electron chi connectivity index (χ1n) is 6.38. The Morgan fingerprint density at radius 3 is 2.81 bits per heavy atom. The van der Waals surface area contributed by atoms with Crippen LogP contribution in [0.15, 0.2) is 35.3 Å². The minimum absolute atomic E-state index is 0.207. The van der Waals surface area contributed by atoms with E-state index in [1.807, 2.05) is 0 Å². The summed E-state index contributed by atoms with van der Waals surface area (Å²) >= 11 is 0. The molecule has 0 aliphatic rings. The predicted octanol–water partition coefficient (Wildman–Crippen LogP) is 1.42. The molecule has 3 aromatic rings. The van der Waals surface area contributed by atoms with Crippen LogP contribution in [-0.2, 0) is 5.60 Å². The molecule has 2 aromatic heterocycles. The molecule has 2 heterocycles. The topological polar surface area (TPSA) is 86.2 Å². The zero-order chi connectivity index (χ0) is 15.2. The van der Waals surface area contributed by atoms with E-state index in [1.165, 1.54) is 31.3 Å². The molecule has 6 heteroatoms. The van der Waals surface area contributed by atoms with Crippen LogP contribution in [0.3, 0.4) is 0 Å². The van der Waals surface area contributed by atoms with E-state index in [-0.39, 0.29) is 16.6 Å². The fraction of sp³-hybridized carbons (Fsp3) is 0.200. The molecule has 0 aliphatic heterocycles. The molecule has 3 N–H and O–H groups in total. The fourth-order valence-electron chi connectivity index (χ4n) is 2.42. The molecule has 1 unspecified atom stereocenters. The van der Waals surface area contributed by atoms with Gasteiger partial charge in [-0.2, -0.15) is 0 Å². The minimum Gasteiger partial charge on any atom is -0.393 e. The van der Waals surface area contributed by atoms with Gasteiger partial charge in [-0.15, -0.1) is 0 Å². The van der Waals surface area contributed by atoms with Gasteiger partial charge in [0.1, 0.15) is 11.4 Å². The smallest absolute Gasteiger partial charge is 0.258 e. The SMILES string of the molecule is CC(O)(CO)c1nc2cc[nH]c(=O)c2c2cc(F)ccc12. The van der Waals surface area contributed by atoms with E-state index in [0.717, 1.165) is 0 Å². The quantitative estimate of drug-likeness (QED) is 0.622. The fourth-order valence-corrected chi connectivity index (χ4v) is 2.42. The number of hydrogen-bond donors (Lipinski definition) is 3. The zero-order valence-electron chi connectivity index (χ0n) is 11.2. The highest BCUT2D eigenvalue weighted by Crippen LogP contribution is 2.30. The van der Waals surface area contributed by atoms with Crippen LogP contribution in [0.25, 0.3) is 21.7 Å². The van der Waals surface area contributed by atoms with E-state index in [4.69, 9.17) is 0 Å². The largest absolute Gasteiger partial charge is 0.393 e. The minimum atomic E-state index is -1.59. The molecule has 0 amide bonds. The van der Waals surface area contributed by atoms with Crippen molar-refractivity contribution in [2.75, 3.05) is 6.61 Å². The van der Waals surface area contributed by atoms with Crippen molar-refractivity contribution in [1.82, 2.24) is 9.97 Å². The molecule has 5 nitrogen and oxygen atoms in total. The second-order valence-corrected chi connectivity index (χ2v) is 5.15. The molecule has 1 atom stereocenters. The first-order chi connectivity index (χ1) is 9.94. The second kappa shape index (κ2) is 4.61. The number of aromatic amines is 1. The maximum atomic E-state index is 13.6. The summed E-state index contributed by atoms with van der Waals surface area (Å²) in [4.78, 5) is 18.8. The number of hydrogen-bond acceptors (Lipinski definition) is 4. The molecular weight excluding hydrogens is 275 g/mol. The maximum absolute atomic E-state index is 13.6. The number of pyridine rings is 2. The van der Waals surface area contributed by atoms with Crippen molar-refractivity contribution in [1.29, 1.82) is 0 Å². The van der Waals surface area contributed by atoms with Crippen LogP contribution in [0, 0.1) is 5.82 Å². The number of nitrogens with one attached hydrogen (secondary N) is 1. The third kappa shape index (κ3) is 2.09. The Balaban J connectivity index is 2.58. The van der Waals surface area contributed by atoms with Crippen molar-refractivity contribution in [2.24, 2.45) is 0 Å². The van der Waals surface area contributed by atoms with Crippen molar-refractivity contribution in [3.8, 4) is 0 Å². The van der Waals surface area contributed by atoms with Gasteiger partial charge >= 0.3 is 0 Å². The lowest BCUT2D eigenvalue weighted by molar-refractivity contribution is -0.00427. The number of halogens is 1. The summed E-state index contributed by atoms with van der Waals surface area (Å²) in [5.74, 6) is -0.493. The average Bonchev–Trinajstić information content (AvgIpc) is 2.46. The van der Waals surface area contributed by atoms with Crippen LogP contribution in [-0.4, -0.2) is 26.8 Å². The molecule has 21 heavy (non-hydrogen) atoms. The Morgan fingerprint density at radius 1 is 1.33 bits per heavy atom. The van der Waals surface area contributed by atoms with Crippen LogP contribution in [0.1, 0.15) is 12.6 Å². The molecule has 0 bridgehead atoms. The van der Waals surface area contributed by atoms with Crippen molar-refractivity contribution in [3.05, 3.63) is 52.3 Å². The molecule has 1 aromatic carbocycles. The van der Waals surface area contributed by atoms with E-state index in [9.17, 15) is 19.4 Å².